The molecule has 0 atom stereocenters. The second-order valence-electron chi connectivity index (χ2n) is 4.65. The fourth-order valence-electron chi connectivity index (χ4n) is 1.94. The van der Waals surface area contributed by atoms with E-state index in [1.165, 1.54) is 0 Å². The molecule has 0 spiro atoms. The zero-order valence-corrected chi connectivity index (χ0v) is 12.3. The van der Waals surface area contributed by atoms with Crippen molar-refractivity contribution < 1.29 is 17.2 Å². The van der Waals surface area contributed by atoms with Gasteiger partial charge in [0.25, 0.3) is 0 Å². The molecule has 0 saturated carbocycles. The number of hydrogen-bond acceptors (Lipinski definition) is 2. The topological polar surface area (TPSA) is 46.2 Å². The lowest BCUT2D eigenvalue weighted by Gasteiger charge is -2.08. The lowest BCUT2D eigenvalue weighted by atomic mass is 10.1. The first-order valence-corrected chi connectivity index (χ1v) is 7.88. The van der Waals surface area contributed by atoms with Gasteiger partial charge >= 0.3 is 0 Å². The molecular weight excluding hydrogens is 296 g/mol. The van der Waals surface area contributed by atoms with Gasteiger partial charge in [0.05, 0.1) is 4.90 Å². The molecule has 112 valence electrons. The van der Waals surface area contributed by atoms with Crippen LogP contribution in [0, 0.1) is 18.6 Å². The lowest BCUT2D eigenvalue weighted by molar-refractivity contribution is 0.504. The highest BCUT2D eigenvalue weighted by atomic mass is 32.2. The molecule has 1 N–H and O–H groups in total. The summed E-state index contributed by atoms with van der Waals surface area (Å²) >= 11 is 0. The number of rotatable bonds is 5. The van der Waals surface area contributed by atoms with Gasteiger partial charge in [0.1, 0.15) is 0 Å². The van der Waals surface area contributed by atoms with Gasteiger partial charge in [-0.15, -0.1) is 0 Å². The Bertz CT molecular complexity index is 745. The lowest BCUT2D eigenvalue weighted by Crippen LogP contribution is -2.26. The molecule has 0 aromatic heterocycles. The van der Waals surface area contributed by atoms with Crippen LogP contribution in [-0.2, 0) is 16.4 Å². The molecule has 2 aromatic rings. The molecule has 0 saturated heterocycles. The summed E-state index contributed by atoms with van der Waals surface area (Å²) in [4.78, 5) is -0.286. The molecule has 0 fully saturated rings. The summed E-state index contributed by atoms with van der Waals surface area (Å²) < 4.78 is 52.2. The molecule has 0 aliphatic rings. The maximum atomic E-state index is 13.1. The van der Waals surface area contributed by atoms with Crippen molar-refractivity contribution in [3.63, 3.8) is 0 Å². The van der Waals surface area contributed by atoms with Gasteiger partial charge in [-0.2, -0.15) is 0 Å². The van der Waals surface area contributed by atoms with E-state index < -0.39 is 21.7 Å². The first kappa shape index (κ1) is 15.6. The minimum absolute atomic E-state index is 0.187. The zero-order valence-electron chi connectivity index (χ0n) is 11.4. The molecule has 2 aromatic carbocycles. The van der Waals surface area contributed by atoms with Gasteiger partial charge in [-0.3, -0.25) is 0 Å². The highest BCUT2D eigenvalue weighted by Gasteiger charge is 2.16. The second-order valence-corrected chi connectivity index (χ2v) is 6.42. The normalized spacial score (nSPS) is 11.6. The highest BCUT2D eigenvalue weighted by Crippen LogP contribution is 2.14. The summed E-state index contributed by atoms with van der Waals surface area (Å²) in [5.41, 5.74) is 2.11. The first-order valence-electron chi connectivity index (χ1n) is 6.39. The van der Waals surface area contributed by atoms with Crippen LogP contribution < -0.4 is 4.72 Å². The van der Waals surface area contributed by atoms with Crippen molar-refractivity contribution in [3.8, 4) is 0 Å². The first-order chi connectivity index (χ1) is 9.90. The molecule has 0 bridgehead atoms. The number of sulfonamides is 1. The van der Waals surface area contributed by atoms with Gasteiger partial charge in [-0.05, 0) is 42.7 Å². The predicted octanol–water partition coefficient (Wildman–Crippen LogP) is 2.79. The van der Waals surface area contributed by atoms with Gasteiger partial charge in [-0.25, -0.2) is 21.9 Å². The van der Waals surface area contributed by atoms with Crippen molar-refractivity contribution in [1.82, 2.24) is 4.72 Å². The van der Waals surface area contributed by atoms with Crippen LogP contribution in [0.5, 0.6) is 0 Å². The van der Waals surface area contributed by atoms with Crippen LogP contribution >= 0.6 is 0 Å². The average molecular weight is 311 g/mol. The van der Waals surface area contributed by atoms with Crippen LogP contribution in [0.1, 0.15) is 11.1 Å². The summed E-state index contributed by atoms with van der Waals surface area (Å²) in [6, 6.07) is 10.2. The molecule has 6 heteroatoms. The van der Waals surface area contributed by atoms with Crippen molar-refractivity contribution in [2.75, 3.05) is 6.54 Å². The van der Waals surface area contributed by atoms with E-state index in [1.807, 2.05) is 31.2 Å². The standard InChI is InChI=1S/C15H15F2NO2S/c1-11-4-2-3-5-12(11)8-9-18-21(19,20)13-6-7-14(16)15(17)10-13/h2-7,10,18H,8-9H2,1H3. The van der Waals surface area contributed by atoms with E-state index in [4.69, 9.17) is 0 Å². The molecule has 0 heterocycles. The van der Waals surface area contributed by atoms with E-state index in [1.54, 1.807) is 0 Å². The fraction of sp³-hybridized carbons (Fsp3) is 0.200. The molecule has 0 aliphatic carbocycles. The van der Waals surface area contributed by atoms with Crippen LogP contribution in [-0.4, -0.2) is 15.0 Å². The summed E-state index contributed by atoms with van der Waals surface area (Å²) in [5, 5.41) is 0. The van der Waals surface area contributed by atoms with Crippen LogP contribution in [0.25, 0.3) is 0 Å². The Morgan fingerprint density at radius 1 is 1.05 bits per heavy atom. The van der Waals surface area contributed by atoms with Gasteiger partial charge in [0, 0.05) is 6.54 Å². The van der Waals surface area contributed by atoms with Gasteiger partial charge in [-0.1, -0.05) is 24.3 Å². The zero-order chi connectivity index (χ0) is 15.5. The molecule has 21 heavy (non-hydrogen) atoms. The Morgan fingerprint density at radius 2 is 1.76 bits per heavy atom. The average Bonchev–Trinajstić information content (AvgIpc) is 2.44. The summed E-state index contributed by atoms with van der Waals surface area (Å²) in [5.74, 6) is -2.26. The van der Waals surface area contributed by atoms with Crippen LogP contribution in [0.2, 0.25) is 0 Å². The molecule has 2 rings (SSSR count). The third kappa shape index (κ3) is 3.86. The largest absolute Gasteiger partial charge is 0.240 e. The highest BCUT2D eigenvalue weighted by molar-refractivity contribution is 7.89. The quantitative estimate of drug-likeness (QED) is 0.923. The Kier molecular flexibility index (Phi) is 4.69. The Balaban J connectivity index is 2.05. The van der Waals surface area contributed by atoms with Crippen LogP contribution in [0.3, 0.4) is 0 Å². The third-order valence-corrected chi connectivity index (χ3v) is 4.61. The fourth-order valence-corrected chi connectivity index (χ4v) is 2.98. The van der Waals surface area contributed by atoms with E-state index in [0.29, 0.717) is 12.5 Å². The monoisotopic (exact) mass is 311 g/mol. The number of aryl methyl sites for hydroxylation is 1. The van der Waals surface area contributed by atoms with Crippen molar-refractivity contribution in [1.29, 1.82) is 0 Å². The van der Waals surface area contributed by atoms with Crippen molar-refractivity contribution >= 4 is 10.0 Å². The molecule has 0 aliphatic heterocycles. The van der Waals surface area contributed by atoms with Crippen LogP contribution in [0.4, 0.5) is 8.78 Å². The van der Waals surface area contributed by atoms with Crippen LogP contribution in [0.15, 0.2) is 47.4 Å². The summed E-state index contributed by atoms with van der Waals surface area (Å²) in [6.07, 6.45) is 0.523. The molecular formula is C15H15F2NO2S. The number of halogens is 2. The number of nitrogens with one attached hydrogen (secondary N) is 1. The maximum Gasteiger partial charge on any atom is 0.240 e. The minimum Gasteiger partial charge on any atom is -0.211 e. The van der Waals surface area contributed by atoms with E-state index in [-0.39, 0.29) is 11.4 Å². The Morgan fingerprint density at radius 3 is 2.43 bits per heavy atom. The maximum absolute atomic E-state index is 13.1. The molecule has 3 nitrogen and oxygen atoms in total. The van der Waals surface area contributed by atoms with Crippen molar-refractivity contribution in [2.45, 2.75) is 18.2 Å². The minimum atomic E-state index is -3.84. The smallest absolute Gasteiger partial charge is 0.211 e. The van der Waals surface area contributed by atoms with Gasteiger partial charge in [0.15, 0.2) is 11.6 Å². The summed E-state index contributed by atoms with van der Waals surface area (Å²) in [6.45, 7) is 2.13. The molecule has 0 amide bonds. The Labute approximate surface area is 122 Å². The van der Waals surface area contributed by atoms with Gasteiger partial charge in [0.2, 0.25) is 10.0 Å². The molecule has 0 unspecified atom stereocenters. The van der Waals surface area contributed by atoms with Crippen molar-refractivity contribution in [3.05, 3.63) is 65.2 Å². The number of hydrogen-bond donors (Lipinski definition) is 1. The van der Waals surface area contributed by atoms with E-state index in [0.717, 1.165) is 23.3 Å². The predicted molar refractivity (Wildman–Crippen MR) is 76.4 cm³/mol. The third-order valence-electron chi connectivity index (χ3n) is 3.15. The second kappa shape index (κ2) is 6.32. The molecule has 0 radical (unpaired) electrons. The van der Waals surface area contributed by atoms with E-state index in [2.05, 4.69) is 4.72 Å². The van der Waals surface area contributed by atoms with Gasteiger partial charge < -0.3 is 0 Å². The van der Waals surface area contributed by atoms with E-state index in [9.17, 15) is 17.2 Å². The Hall–Kier alpha value is -1.79. The number of benzene rings is 2. The SMILES string of the molecule is Cc1ccccc1CCNS(=O)(=O)c1ccc(F)c(F)c1. The van der Waals surface area contributed by atoms with E-state index >= 15 is 0 Å². The van der Waals surface area contributed by atoms with Crippen molar-refractivity contribution in [2.24, 2.45) is 0 Å². The summed E-state index contributed by atoms with van der Waals surface area (Å²) in [7, 11) is -3.84.